The summed E-state index contributed by atoms with van der Waals surface area (Å²) in [6, 6.07) is 16.5. The average Bonchev–Trinajstić information content (AvgIpc) is 3.20. The first-order valence-electron chi connectivity index (χ1n) is 14.6. The molecule has 5 fully saturated rings. The van der Waals surface area contributed by atoms with Gasteiger partial charge in [0.15, 0.2) is 5.11 Å². The number of rotatable bonds is 4. The third kappa shape index (κ3) is 4.38. The lowest BCUT2D eigenvalue weighted by atomic mass is 9.48. The Bertz CT molecular complexity index is 1620. The van der Waals surface area contributed by atoms with Gasteiger partial charge in [0.05, 0.1) is 5.69 Å². The van der Waals surface area contributed by atoms with Gasteiger partial charge in [0.1, 0.15) is 5.57 Å². The third-order valence-electron chi connectivity index (χ3n) is 10.1. The topological polar surface area (TPSA) is 54.3 Å². The Morgan fingerprint density at radius 2 is 1.51 bits per heavy atom. The van der Waals surface area contributed by atoms with Crippen LogP contribution in [-0.2, 0) is 15.0 Å². The minimum Gasteiger partial charge on any atom is -0.318 e. The predicted molar refractivity (Wildman–Crippen MR) is 167 cm³/mol. The maximum atomic E-state index is 13.6. The highest BCUT2D eigenvalue weighted by Gasteiger charge is 2.51. The highest BCUT2D eigenvalue weighted by atomic mass is 35.5. The molecular formula is C34H34ClN3O2S. The maximum absolute atomic E-state index is 13.6. The van der Waals surface area contributed by atoms with Crippen molar-refractivity contribution >= 4 is 52.5 Å². The monoisotopic (exact) mass is 583 g/mol. The van der Waals surface area contributed by atoms with E-state index in [0.717, 1.165) is 46.0 Å². The fraction of sp³-hybridized carbons (Fsp3) is 0.382. The van der Waals surface area contributed by atoms with Gasteiger partial charge in [-0.2, -0.15) is 0 Å². The van der Waals surface area contributed by atoms with Gasteiger partial charge in [0.2, 0.25) is 0 Å². The van der Waals surface area contributed by atoms with Crippen LogP contribution >= 0.6 is 23.8 Å². The molecule has 0 spiro atoms. The summed E-state index contributed by atoms with van der Waals surface area (Å²) in [5.41, 5.74) is 7.24. The van der Waals surface area contributed by atoms with Crippen molar-refractivity contribution in [1.82, 2.24) is 9.88 Å². The largest absolute Gasteiger partial charge is 0.318 e. The van der Waals surface area contributed by atoms with Crippen molar-refractivity contribution in [2.75, 3.05) is 4.90 Å². The van der Waals surface area contributed by atoms with Crippen molar-refractivity contribution in [2.24, 2.45) is 17.8 Å². The van der Waals surface area contributed by atoms with Crippen molar-refractivity contribution < 1.29 is 9.59 Å². The average molecular weight is 584 g/mol. The van der Waals surface area contributed by atoms with Crippen LogP contribution in [0.15, 0.2) is 54.1 Å². The Hall–Kier alpha value is -3.22. The number of nitrogens with one attached hydrogen (secondary N) is 1. The quantitative estimate of drug-likeness (QED) is 0.198. The molecule has 210 valence electrons. The molecule has 41 heavy (non-hydrogen) atoms. The van der Waals surface area contributed by atoms with E-state index in [-0.39, 0.29) is 10.7 Å². The summed E-state index contributed by atoms with van der Waals surface area (Å²) in [5.74, 6) is 1.78. The van der Waals surface area contributed by atoms with E-state index in [9.17, 15) is 9.59 Å². The fourth-order valence-electron chi connectivity index (χ4n) is 8.53. The zero-order chi connectivity index (χ0) is 28.6. The molecule has 5 nitrogen and oxygen atoms in total. The number of hydrogen-bond acceptors (Lipinski definition) is 3. The third-order valence-corrected chi connectivity index (χ3v) is 10.8. The van der Waals surface area contributed by atoms with Crippen LogP contribution in [0.25, 0.3) is 11.8 Å². The van der Waals surface area contributed by atoms with Crippen LogP contribution in [0.4, 0.5) is 5.69 Å². The van der Waals surface area contributed by atoms with E-state index in [1.165, 1.54) is 49.0 Å². The van der Waals surface area contributed by atoms with Crippen molar-refractivity contribution in [3.63, 3.8) is 0 Å². The van der Waals surface area contributed by atoms with E-state index in [2.05, 4.69) is 41.1 Å². The molecule has 1 N–H and O–H groups in total. The second-order valence-corrected chi connectivity index (χ2v) is 13.6. The molecule has 0 unspecified atom stereocenters. The van der Waals surface area contributed by atoms with E-state index in [1.807, 2.05) is 26.0 Å². The molecule has 1 saturated heterocycles. The van der Waals surface area contributed by atoms with Gasteiger partial charge in [-0.05, 0) is 148 Å². The smallest absolute Gasteiger partial charge is 0.270 e. The summed E-state index contributed by atoms with van der Waals surface area (Å²) in [4.78, 5) is 27.9. The SMILES string of the molecule is Cc1ccc(N2C(=O)/C(=C/c3cc(C)n(-c4ccc(C56CC7CC(CC(C7)C5)C6)cc4)c3C)C(=O)NC2=S)cc1Cl. The maximum Gasteiger partial charge on any atom is 0.270 e. The van der Waals surface area contributed by atoms with Crippen LogP contribution in [0.5, 0.6) is 0 Å². The summed E-state index contributed by atoms with van der Waals surface area (Å²) < 4.78 is 2.20. The second kappa shape index (κ2) is 9.67. The van der Waals surface area contributed by atoms with E-state index >= 15 is 0 Å². The number of nitrogens with zero attached hydrogens (tertiary/aromatic N) is 2. The first kappa shape index (κ1) is 26.7. The van der Waals surface area contributed by atoms with Crippen LogP contribution in [0.3, 0.4) is 0 Å². The molecule has 5 aliphatic rings. The van der Waals surface area contributed by atoms with E-state index in [4.69, 9.17) is 23.8 Å². The summed E-state index contributed by atoms with van der Waals surface area (Å²) in [7, 11) is 0. The van der Waals surface area contributed by atoms with Crippen LogP contribution in [0, 0.1) is 38.5 Å². The number of carbonyl (C=O) groups excluding carboxylic acids is 2. The van der Waals surface area contributed by atoms with Gasteiger partial charge < -0.3 is 4.57 Å². The van der Waals surface area contributed by atoms with Crippen LogP contribution < -0.4 is 10.2 Å². The van der Waals surface area contributed by atoms with E-state index in [1.54, 1.807) is 18.2 Å². The molecule has 1 aliphatic heterocycles. The normalized spacial score (nSPS) is 28.1. The summed E-state index contributed by atoms with van der Waals surface area (Å²) >= 11 is 11.7. The number of hydrogen-bond donors (Lipinski definition) is 1. The molecule has 3 aromatic rings. The molecule has 1 aromatic heterocycles. The lowest BCUT2D eigenvalue weighted by Gasteiger charge is -2.57. The number of thiocarbonyl (C=S) groups is 1. The van der Waals surface area contributed by atoms with Gasteiger partial charge >= 0.3 is 0 Å². The summed E-state index contributed by atoms with van der Waals surface area (Å²) in [5, 5.41) is 3.24. The molecule has 7 heteroatoms. The van der Waals surface area contributed by atoms with Crippen molar-refractivity contribution in [2.45, 2.75) is 64.7 Å². The van der Waals surface area contributed by atoms with Crippen molar-refractivity contribution in [3.8, 4) is 5.69 Å². The molecule has 4 saturated carbocycles. The first-order chi connectivity index (χ1) is 19.6. The first-order valence-corrected chi connectivity index (χ1v) is 15.4. The van der Waals surface area contributed by atoms with Crippen LogP contribution in [0.1, 0.15) is 66.6 Å². The minimum absolute atomic E-state index is 0.0349. The Labute approximate surface area is 251 Å². The summed E-state index contributed by atoms with van der Waals surface area (Å²) in [6.07, 6.45) is 10.1. The molecule has 0 radical (unpaired) electrons. The van der Waals surface area contributed by atoms with Gasteiger partial charge in [0, 0.05) is 22.1 Å². The zero-order valence-electron chi connectivity index (χ0n) is 23.7. The molecule has 2 aromatic carbocycles. The molecular weight excluding hydrogens is 550 g/mol. The molecule has 4 bridgehead atoms. The van der Waals surface area contributed by atoms with Crippen LogP contribution in [-0.4, -0.2) is 21.5 Å². The number of amides is 2. The fourth-order valence-corrected chi connectivity index (χ4v) is 8.98. The standard InChI is InChI=1S/C34H34ClN3O2S/c1-19-4-7-28(15-30(19)35)38-32(40)29(31(39)36-33(38)41)14-25-10-20(2)37(21(25)3)27-8-5-26(6-9-27)34-16-22-11-23(17-34)13-24(12-22)18-34/h4-10,14-15,22-24H,11-13,16-18H2,1-3H3,(H,36,39,41)/b29-14+. The number of benzene rings is 2. The highest BCUT2D eigenvalue weighted by molar-refractivity contribution is 7.80. The lowest BCUT2D eigenvalue weighted by molar-refractivity contribution is -0.122. The van der Waals surface area contributed by atoms with Gasteiger partial charge in [-0.15, -0.1) is 0 Å². The Morgan fingerprint density at radius 1 is 0.902 bits per heavy atom. The lowest BCUT2D eigenvalue weighted by Crippen LogP contribution is -2.54. The van der Waals surface area contributed by atoms with Crippen LogP contribution in [0.2, 0.25) is 5.02 Å². The number of aromatic nitrogens is 1. The number of anilines is 1. The van der Waals surface area contributed by atoms with Gasteiger partial charge in [-0.3, -0.25) is 19.8 Å². The van der Waals surface area contributed by atoms with Gasteiger partial charge in [-0.25, -0.2) is 0 Å². The zero-order valence-corrected chi connectivity index (χ0v) is 25.2. The molecule has 8 rings (SSSR count). The van der Waals surface area contributed by atoms with Gasteiger partial charge in [0.25, 0.3) is 11.8 Å². The van der Waals surface area contributed by atoms with Crippen molar-refractivity contribution in [1.29, 1.82) is 0 Å². The Kier molecular flexibility index (Phi) is 6.29. The minimum atomic E-state index is -0.501. The van der Waals surface area contributed by atoms with Crippen molar-refractivity contribution in [3.05, 3.63) is 87.2 Å². The number of halogens is 1. The molecule has 2 heterocycles. The summed E-state index contributed by atoms with van der Waals surface area (Å²) in [6.45, 7) is 5.97. The molecule has 0 atom stereocenters. The number of carbonyl (C=O) groups is 2. The number of aryl methyl sites for hydroxylation is 2. The second-order valence-electron chi connectivity index (χ2n) is 12.8. The predicted octanol–water partition coefficient (Wildman–Crippen LogP) is 7.36. The van der Waals surface area contributed by atoms with E-state index in [0.29, 0.717) is 16.1 Å². The Balaban J connectivity index is 1.19. The highest BCUT2D eigenvalue weighted by Crippen LogP contribution is 2.60. The van der Waals surface area contributed by atoms with Gasteiger partial charge in [-0.1, -0.05) is 29.8 Å². The molecule has 2 amide bonds. The van der Waals surface area contributed by atoms with E-state index < -0.39 is 11.8 Å². The molecule has 4 aliphatic carbocycles. The Morgan fingerprint density at radius 3 is 2.12 bits per heavy atom.